The molecule has 1 aliphatic heterocycles. The van der Waals surface area contributed by atoms with Gasteiger partial charge in [0.25, 0.3) is 5.91 Å². The van der Waals surface area contributed by atoms with E-state index in [1.54, 1.807) is 0 Å². The van der Waals surface area contributed by atoms with Crippen molar-refractivity contribution in [3.8, 4) is 0 Å². The summed E-state index contributed by atoms with van der Waals surface area (Å²) in [7, 11) is 0. The monoisotopic (exact) mass is 195 g/mol. The zero-order valence-corrected chi connectivity index (χ0v) is 6.93. The van der Waals surface area contributed by atoms with Gasteiger partial charge in [0.05, 0.1) is 6.61 Å². The summed E-state index contributed by atoms with van der Waals surface area (Å²) in [5.41, 5.74) is -1.18. The molecule has 0 saturated carbocycles. The maximum Gasteiger partial charge on any atom is 0.315 e. The first-order chi connectivity index (χ1) is 6.03. The largest absolute Gasteiger partial charge is 0.386 e. The number of aliphatic hydroxyl groups is 1. The molecule has 0 aliphatic carbocycles. The van der Waals surface area contributed by atoms with E-state index < -0.39 is 17.9 Å². The van der Waals surface area contributed by atoms with Crippen LogP contribution in [0.2, 0.25) is 0 Å². The van der Waals surface area contributed by atoms with Crippen molar-refractivity contribution in [2.24, 2.45) is 0 Å². The maximum atomic E-state index is 11.7. The van der Waals surface area contributed by atoms with Crippen molar-refractivity contribution in [1.82, 2.24) is 5.32 Å². The van der Waals surface area contributed by atoms with Crippen LogP contribution in [0.4, 0.5) is 8.78 Å². The van der Waals surface area contributed by atoms with E-state index in [0.717, 1.165) is 0 Å². The van der Waals surface area contributed by atoms with Crippen molar-refractivity contribution in [3.63, 3.8) is 0 Å². The summed E-state index contributed by atoms with van der Waals surface area (Å²) >= 11 is 0. The standard InChI is InChI=1S/C7H11F2NO3/c8-5(9)6(11)10-3-7(12)1-2-13-4-7/h5,12H,1-4H2,(H,10,11). The number of alkyl halides is 2. The average molecular weight is 195 g/mol. The van der Waals surface area contributed by atoms with E-state index in [1.165, 1.54) is 0 Å². The maximum absolute atomic E-state index is 11.7. The Morgan fingerprint density at radius 3 is 2.85 bits per heavy atom. The average Bonchev–Trinajstić information content (AvgIpc) is 2.48. The molecule has 1 saturated heterocycles. The van der Waals surface area contributed by atoms with E-state index in [1.807, 2.05) is 5.32 Å². The lowest BCUT2D eigenvalue weighted by Gasteiger charge is -2.20. The summed E-state index contributed by atoms with van der Waals surface area (Å²) in [6.45, 7) is 0.285. The molecule has 1 aliphatic rings. The molecule has 1 rings (SSSR count). The van der Waals surface area contributed by atoms with Gasteiger partial charge in [0.2, 0.25) is 0 Å². The fourth-order valence-electron chi connectivity index (χ4n) is 1.06. The van der Waals surface area contributed by atoms with Crippen LogP contribution >= 0.6 is 0 Å². The SMILES string of the molecule is O=C(NCC1(O)CCOC1)C(F)F. The molecule has 0 spiro atoms. The number of halogens is 2. The zero-order valence-electron chi connectivity index (χ0n) is 6.93. The number of rotatable bonds is 3. The predicted molar refractivity (Wildman–Crippen MR) is 39.4 cm³/mol. The first-order valence-corrected chi connectivity index (χ1v) is 3.89. The third-order valence-corrected chi connectivity index (χ3v) is 1.87. The molecule has 0 radical (unpaired) electrons. The van der Waals surface area contributed by atoms with Crippen molar-refractivity contribution in [1.29, 1.82) is 0 Å². The number of ether oxygens (including phenoxy) is 1. The van der Waals surface area contributed by atoms with Gasteiger partial charge < -0.3 is 15.2 Å². The number of hydrogen-bond acceptors (Lipinski definition) is 3. The Balaban J connectivity index is 2.29. The number of carbonyl (C=O) groups is 1. The topological polar surface area (TPSA) is 58.6 Å². The molecule has 1 fully saturated rings. The molecule has 4 nitrogen and oxygen atoms in total. The predicted octanol–water partition coefficient (Wildman–Crippen LogP) is -0.481. The second kappa shape index (κ2) is 3.97. The van der Waals surface area contributed by atoms with Crippen LogP contribution in [-0.2, 0) is 9.53 Å². The molecular weight excluding hydrogens is 184 g/mol. The molecule has 1 unspecified atom stereocenters. The molecule has 13 heavy (non-hydrogen) atoms. The minimum absolute atomic E-state index is 0.0799. The highest BCUT2D eigenvalue weighted by molar-refractivity contribution is 5.79. The molecular formula is C7H11F2NO3. The van der Waals surface area contributed by atoms with Gasteiger partial charge in [0.1, 0.15) is 5.60 Å². The third-order valence-electron chi connectivity index (χ3n) is 1.87. The Labute approximate surface area is 73.9 Å². The van der Waals surface area contributed by atoms with Crippen molar-refractivity contribution < 1.29 is 23.4 Å². The normalized spacial score (nSPS) is 28.0. The molecule has 0 bridgehead atoms. The first-order valence-electron chi connectivity index (χ1n) is 3.89. The van der Waals surface area contributed by atoms with Gasteiger partial charge in [-0.3, -0.25) is 4.79 Å². The van der Waals surface area contributed by atoms with Gasteiger partial charge in [-0.05, 0) is 0 Å². The third kappa shape index (κ3) is 2.89. The van der Waals surface area contributed by atoms with Crippen LogP contribution in [0.3, 0.4) is 0 Å². The Morgan fingerprint density at radius 2 is 2.38 bits per heavy atom. The quantitative estimate of drug-likeness (QED) is 0.639. The highest BCUT2D eigenvalue weighted by Gasteiger charge is 2.33. The van der Waals surface area contributed by atoms with Crippen LogP contribution in [0.15, 0.2) is 0 Å². The molecule has 76 valence electrons. The number of nitrogens with one attached hydrogen (secondary N) is 1. The summed E-state index contributed by atoms with van der Waals surface area (Å²) in [5, 5.41) is 11.5. The summed E-state index contributed by atoms with van der Waals surface area (Å²) in [6, 6.07) is 0. The van der Waals surface area contributed by atoms with Gasteiger partial charge in [0.15, 0.2) is 0 Å². The van der Waals surface area contributed by atoms with Crippen LogP contribution in [0.1, 0.15) is 6.42 Å². The van der Waals surface area contributed by atoms with Crippen LogP contribution in [0.5, 0.6) is 0 Å². The van der Waals surface area contributed by atoms with Crippen molar-refractivity contribution in [2.45, 2.75) is 18.4 Å². The van der Waals surface area contributed by atoms with Crippen molar-refractivity contribution in [2.75, 3.05) is 19.8 Å². The van der Waals surface area contributed by atoms with Crippen LogP contribution < -0.4 is 5.32 Å². The number of amides is 1. The smallest absolute Gasteiger partial charge is 0.315 e. The summed E-state index contributed by atoms with van der Waals surface area (Å²) in [5.74, 6) is -1.36. The zero-order chi connectivity index (χ0) is 9.90. The minimum Gasteiger partial charge on any atom is -0.386 e. The van der Waals surface area contributed by atoms with E-state index >= 15 is 0 Å². The Bertz CT molecular complexity index is 192. The van der Waals surface area contributed by atoms with Crippen LogP contribution in [0, 0.1) is 0 Å². The first kappa shape index (κ1) is 10.3. The lowest BCUT2D eigenvalue weighted by Crippen LogP contribution is -2.45. The van der Waals surface area contributed by atoms with E-state index in [4.69, 9.17) is 4.74 Å². The van der Waals surface area contributed by atoms with Crippen LogP contribution in [0.25, 0.3) is 0 Å². The lowest BCUT2D eigenvalue weighted by molar-refractivity contribution is -0.133. The van der Waals surface area contributed by atoms with E-state index in [-0.39, 0.29) is 13.2 Å². The van der Waals surface area contributed by atoms with Gasteiger partial charge >= 0.3 is 6.43 Å². The van der Waals surface area contributed by atoms with E-state index in [0.29, 0.717) is 13.0 Å². The fourth-order valence-corrected chi connectivity index (χ4v) is 1.06. The molecule has 1 atom stereocenters. The van der Waals surface area contributed by atoms with Crippen molar-refractivity contribution in [3.05, 3.63) is 0 Å². The number of carbonyl (C=O) groups excluding carboxylic acids is 1. The Hall–Kier alpha value is -0.750. The highest BCUT2D eigenvalue weighted by Crippen LogP contribution is 2.16. The van der Waals surface area contributed by atoms with Gasteiger partial charge in [-0.15, -0.1) is 0 Å². The Kier molecular flexibility index (Phi) is 3.16. The second-order valence-electron chi connectivity index (χ2n) is 3.05. The Morgan fingerprint density at radius 1 is 1.69 bits per heavy atom. The molecule has 0 aromatic carbocycles. The molecule has 0 aromatic rings. The second-order valence-corrected chi connectivity index (χ2v) is 3.05. The van der Waals surface area contributed by atoms with E-state index in [9.17, 15) is 18.7 Å². The molecule has 1 heterocycles. The van der Waals surface area contributed by atoms with E-state index in [2.05, 4.69) is 0 Å². The highest BCUT2D eigenvalue weighted by atomic mass is 19.3. The lowest BCUT2D eigenvalue weighted by atomic mass is 10.0. The minimum atomic E-state index is -3.04. The van der Waals surface area contributed by atoms with Crippen molar-refractivity contribution >= 4 is 5.91 Å². The van der Waals surface area contributed by atoms with Gasteiger partial charge in [0, 0.05) is 19.6 Å². The molecule has 0 aromatic heterocycles. The molecule has 6 heteroatoms. The van der Waals surface area contributed by atoms with Gasteiger partial charge in [-0.2, -0.15) is 8.78 Å². The molecule has 1 amide bonds. The summed E-state index contributed by atoms with van der Waals surface area (Å²) in [4.78, 5) is 10.4. The fraction of sp³-hybridized carbons (Fsp3) is 0.857. The summed E-state index contributed by atoms with van der Waals surface area (Å²) < 4.78 is 28.3. The van der Waals surface area contributed by atoms with Gasteiger partial charge in [-0.1, -0.05) is 0 Å². The van der Waals surface area contributed by atoms with Crippen LogP contribution in [-0.4, -0.2) is 42.8 Å². The summed E-state index contributed by atoms with van der Waals surface area (Å²) in [6.07, 6.45) is -2.68. The van der Waals surface area contributed by atoms with Gasteiger partial charge in [-0.25, -0.2) is 0 Å². The molecule has 2 N–H and O–H groups in total. The number of hydrogen-bond donors (Lipinski definition) is 2.